The van der Waals surface area contributed by atoms with Gasteiger partial charge in [0.05, 0.1) is 26.2 Å². The number of pyridine rings is 1. The molecular formula is C23H13Cl2N3O2S2. The normalized spacial score (nSPS) is 16.2. The summed E-state index contributed by atoms with van der Waals surface area (Å²) in [5.41, 5.74) is 1.52. The van der Waals surface area contributed by atoms with Gasteiger partial charge in [-0.3, -0.25) is 9.78 Å². The standard InChI is InChI=1S/C23H13Cl2N3O2S2/c24-16-8-6-14(11-17(16)25)27-23-28-22(29)19(32-23)12-15-7-9-20(30-15)31-18-5-1-3-13-4-2-10-26-21(13)18/h1-12H,(H,27,28,29)/b19-12-. The highest BCUT2D eigenvalue weighted by atomic mass is 35.5. The first kappa shape index (κ1) is 21.2. The molecule has 0 bridgehead atoms. The number of nitrogens with zero attached hydrogens (tertiary/aromatic N) is 2. The van der Waals surface area contributed by atoms with Crippen LogP contribution in [0.1, 0.15) is 5.76 Å². The number of carbonyl (C=O) groups excluding carboxylic acids is 1. The first-order valence-electron chi connectivity index (χ1n) is 9.41. The number of halogens is 2. The minimum absolute atomic E-state index is 0.238. The van der Waals surface area contributed by atoms with Gasteiger partial charge in [0.1, 0.15) is 5.76 Å². The van der Waals surface area contributed by atoms with E-state index in [0.717, 1.165) is 15.8 Å². The predicted molar refractivity (Wildman–Crippen MR) is 132 cm³/mol. The number of aromatic nitrogens is 1. The maximum atomic E-state index is 12.4. The molecule has 1 saturated heterocycles. The Morgan fingerprint density at radius 2 is 1.94 bits per heavy atom. The maximum absolute atomic E-state index is 12.4. The molecule has 0 aliphatic carbocycles. The molecule has 1 aliphatic heterocycles. The molecule has 2 aromatic carbocycles. The Hall–Kier alpha value is -2.71. The molecule has 3 heterocycles. The van der Waals surface area contributed by atoms with Gasteiger partial charge < -0.3 is 9.73 Å². The SMILES string of the molecule is O=C1NC(=Nc2ccc(Cl)c(Cl)c2)S/C1=C\c1ccc(Sc2cccc3cccnc23)o1. The lowest BCUT2D eigenvalue weighted by molar-refractivity contribution is -0.115. The van der Waals surface area contributed by atoms with Crippen molar-refractivity contribution in [2.75, 3.05) is 0 Å². The quantitative estimate of drug-likeness (QED) is 0.302. The summed E-state index contributed by atoms with van der Waals surface area (Å²) in [5, 5.41) is 5.84. The fraction of sp³-hybridized carbons (Fsp3) is 0. The van der Waals surface area contributed by atoms with E-state index in [1.807, 2.05) is 42.5 Å². The third-order valence-corrected chi connectivity index (χ3v) is 7.09. The smallest absolute Gasteiger partial charge is 0.264 e. The molecule has 0 unspecified atom stereocenters. The van der Waals surface area contributed by atoms with Crippen molar-refractivity contribution in [3.8, 4) is 0 Å². The second-order valence-electron chi connectivity index (χ2n) is 6.67. The maximum Gasteiger partial charge on any atom is 0.264 e. The molecule has 0 saturated carbocycles. The highest BCUT2D eigenvalue weighted by Crippen LogP contribution is 2.35. The molecule has 5 rings (SSSR count). The van der Waals surface area contributed by atoms with E-state index in [2.05, 4.69) is 15.3 Å². The van der Waals surface area contributed by atoms with Crippen LogP contribution in [0.3, 0.4) is 0 Å². The van der Waals surface area contributed by atoms with Gasteiger partial charge in [-0.15, -0.1) is 0 Å². The van der Waals surface area contributed by atoms with Crippen LogP contribution in [0.2, 0.25) is 10.0 Å². The van der Waals surface area contributed by atoms with Crippen molar-refractivity contribution in [1.82, 2.24) is 10.3 Å². The fourth-order valence-corrected chi connectivity index (χ4v) is 5.03. The third kappa shape index (κ3) is 4.56. The molecule has 1 aliphatic rings. The average Bonchev–Trinajstić information content (AvgIpc) is 3.37. The second-order valence-corrected chi connectivity index (χ2v) is 9.56. The van der Waals surface area contributed by atoms with Crippen molar-refractivity contribution in [3.63, 3.8) is 0 Å². The molecule has 2 aromatic heterocycles. The molecule has 32 heavy (non-hydrogen) atoms. The Labute approximate surface area is 201 Å². The highest BCUT2D eigenvalue weighted by molar-refractivity contribution is 8.18. The molecule has 5 nitrogen and oxygen atoms in total. The number of furan rings is 1. The zero-order valence-corrected chi connectivity index (χ0v) is 19.4. The summed E-state index contributed by atoms with van der Waals surface area (Å²) < 4.78 is 5.92. The number of fused-ring (bicyclic) bond motifs is 1. The van der Waals surface area contributed by atoms with Crippen LogP contribution >= 0.6 is 46.7 Å². The number of rotatable bonds is 4. The summed E-state index contributed by atoms with van der Waals surface area (Å²) in [6.07, 6.45) is 3.47. The molecule has 1 N–H and O–H groups in total. The first-order valence-corrected chi connectivity index (χ1v) is 11.8. The van der Waals surface area contributed by atoms with Crippen molar-refractivity contribution >= 4 is 80.5 Å². The number of amides is 1. The number of thioether (sulfide) groups is 1. The van der Waals surface area contributed by atoms with E-state index >= 15 is 0 Å². The lowest BCUT2D eigenvalue weighted by Crippen LogP contribution is -2.19. The molecule has 1 amide bonds. The zero-order valence-electron chi connectivity index (χ0n) is 16.2. The number of aliphatic imine (C=N–C) groups is 1. The van der Waals surface area contributed by atoms with E-state index in [1.54, 1.807) is 30.5 Å². The molecule has 4 aromatic rings. The minimum Gasteiger partial charge on any atom is -0.450 e. The summed E-state index contributed by atoms with van der Waals surface area (Å²) >= 11 is 14.7. The van der Waals surface area contributed by atoms with Crippen molar-refractivity contribution < 1.29 is 9.21 Å². The van der Waals surface area contributed by atoms with Crippen molar-refractivity contribution in [1.29, 1.82) is 0 Å². The van der Waals surface area contributed by atoms with Crippen molar-refractivity contribution in [2.24, 2.45) is 4.99 Å². The van der Waals surface area contributed by atoms with Gasteiger partial charge in [0, 0.05) is 22.6 Å². The number of hydrogen-bond donors (Lipinski definition) is 1. The summed E-state index contributed by atoms with van der Waals surface area (Å²) in [6.45, 7) is 0. The van der Waals surface area contributed by atoms with Crippen LogP contribution in [0, 0.1) is 0 Å². The summed E-state index contributed by atoms with van der Waals surface area (Å²) in [6, 6.07) is 18.7. The fourth-order valence-electron chi connectivity index (χ4n) is 3.02. The van der Waals surface area contributed by atoms with E-state index in [-0.39, 0.29) is 5.91 Å². The topological polar surface area (TPSA) is 67.5 Å². The number of benzene rings is 2. The van der Waals surface area contributed by atoms with E-state index in [1.165, 1.54) is 23.5 Å². The van der Waals surface area contributed by atoms with Gasteiger partial charge in [-0.2, -0.15) is 0 Å². The van der Waals surface area contributed by atoms with Crippen molar-refractivity contribution in [3.05, 3.63) is 87.6 Å². The Morgan fingerprint density at radius 3 is 2.81 bits per heavy atom. The van der Waals surface area contributed by atoms with E-state index in [0.29, 0.717) is 36.7 Å². The van der Waals surface area contributed by atoms with Gasteiger partial charge in [0.15, 0.2) is 10.3 Å². The lowest BCUT2D eigenvalue weighted by atomic mass is 10.2. The van der Waals surface area contributed by atoms with E-state index in [4.69, 9.17) is 27.6 Å². The zero-order chi connectivity index (χ0) is 22.1. The highest BCUT2D eigenvalue weighted by Gasteiger charge is 2.24. The summed E-state index contributed by atoms with van der Waals surface area (Å²) in [7, 11) is 0. The number of para-hydroxylation sites is 1. The summed E-state index contributed by atoms with van der Waals surface area (Å²) in [4.78, 5) is 22.7. The minimum atomic E-state index is -0.238. The molecule has 158 valence electrons. The Balaban J connectivity index is 1.34. The van der Waals surface area contributed by atoms with Crippen LogP contribution in [0.25, 0.3) is 17.0 Å². The van der Waals surface area contributed by atoms with Crippen LogP contribution in [0.5, 0.6) is 0 Å². The van der Waals surface area contributed by atoms with E-state index in [9.17, 15) is 4.79 Å². The lowest BCUT2D eigenvalue weighted by Gasteiger charge is -2.02. The van der Waals surface area contributed by atoms with Crippen LogP contribution in [0.15, 0.2) is 91.2 Å². The van der Waals surface area contributed by atoms with Gasteiger partial charge in [-0.25, -0.2) is 4.99 Å². The number of hydrogen-bond acceptors (Lipinski definition) is 6. The van der Waals surface area contributed by atoms with Gasteiger partial charge in [-0.05, 0) is 66.0 Å². The molecule has 0 radical (unpaired) electrons. The monoisotopic (exact) mass is 497 g/mol. The van der Waals surface area contributed by atoms with Gasteiger partial charge >= 0.3 is 0 Å². The Bertz CT molecular complexity index is 1410. The second kappa shape index (κ2) is 9.03. The Morgan fingerprint density at radius 1 is 1.06 bits per heavy atom. The van der Waals surface area contributed by atoms with Crippen LogP contribution < -0.4 is 5.32 Å². The van der Waals surface area contributed by atoms with Gasteiger partial charge in [0.2, 0.25) is 0 Å². The number of nitrogens with one attached hydrogen (secondary N) is 1. The molecule has 0 spiro atoms. The van der Waals surface area contributed by atoms with Crippen LogP contribution in [0.4, 0.5) is 5.69 Å². The predicted octanol–water partition coefficient (Wildman–Crippen LogP) is 7.18. The number of carbonyl (C=O) groups is 1. The van der Waals surface area contributed by atoms with E-state index < -0.39 is 0 Å². The first-order chi connectivity index (χ1) is 15.5. The largest absolute Gasteiger partial charge is 0.450 e. The van der Waals surface area contributed by atoms with Gasteiger partial charge in [0.25, 0.3) is 5.91 Å². The average molecular weight is 498 g/mol. The Kier molecular flexibility index (Phi) is 5.97. The van der Waals surface area contributed by atoms with Crippen LogP contribution in [-0.4, -0.2) is 16.1 Å². The number of amidine groups is 1. The summed E-state index contributed by atoms with van der Waals surface area (Å²) in [5.74, 6) is 0.340. The molecular weight excluding hydrogens is 485 g/mol. The molecule has 0 atom stereocenters. The van der Waals surface area contributed by atoms with Crippen molar-refractivity contribution in [2.45, 2.75) is 9.99 Å². The third-order valence-electron chi connectivity index (χ3n) is 4.47. The van der Waals surface area contributed by atoms with Gasteiger partial charge in [-0.1, -0.05) is 41.4 Å². The molecule has 1 fully saturated rings. The molecule has 9 heteroatoms. The van der Waals surface area contributed by atoms with Crippen LogP contribution in [-0.2, 0) is 4.79 Å².